The predicted octanol–water partition coefficient (Wildman–Crippen LogP) is 4.92. The molecule has 0 radical (unpaired) electrons. The summed E-state index contributed by atoms with van der Waals surface area (Å²) in [5, 5.41) is 3.01. The van der Waals surface area contributed by atoms with E-state index in [1.165, 1.54) is 12.7 Å². The predicted molar refractivity (Wildman–Crippen MR) is 123 cm³/mol. The Morgan fingerprint density at radius 1 is 0.968 bits per heavy atom. The molecule has 31 heavy (non-hydrogen) atoms. The molecule has 0 unspecified atom stereocenters. The summed E-state index contributed by atoms with van der Waals surface area (Å²) in [5.74, 6) is -0.355. The van der Waals surface area contributed by atoms with Gasteiger partial charge in [0.1, 0.15) is 0 Å². The van der Waals surface area contributed by atoms with E-state index in [2.05, 4.69) is 16.3 Å². The molecule has 1 N–H and O–H groups in total. The minimum absolute atomic E-state index is 0.142. The summed E-state index contributed by atoms with van der Waals surface area (Å²) in [6.07, 6.45) is 2.40. The van der Waals surface area contributed by atoms with Crippen LogP contribution in [0.1, 0.15) is 28.8 Å². The van der Waals surface area contributed by atoms with Crippen molar-refractivity contribution in [1.29, 1.82) is 0 Å². The molecule has 5 heteroatoms. The van der Waals surface area contributed by atoms with Crippen LogP contribution in [0.15, 0.2) is 72.8 Å². The Morgan fingerprint density at radius 3 is 2.45 bits per heavy atom. The minimum atomic E-state index is -0.212. The van der Waals surface area contributed by atoms with Gasteiger partial charge in [0.15, 0.2) is 0 Å². The van der Waals surface area contributed by atoms with Crippen molar-refractivity contribution in [3.8, 4) is 11.1 Å². The molecule has 1 heterocycles. The van der Waals surface area contributed by atoms with Gasteiger partial charge in [-0.15, -0.1) is 0 Å². The van der Waals surface area contributed by atoms with Crippen molar-refractivity contribution in [2.45, 2.75) is 19.3 Å². The molecule has 158 valence electrons. The number of fused-ring (bicyclic) bond motifs is 1. The number of rotatable bonds is 6. The lowest BCUT2D eigenvalue weighted by atomic mass is 10.0. The van der Waals surface area contributed by atoms with Crippen molar-refractivity contribution < 1.29 is 14.3 Å². The van der Waals surface area contributed by atoms with Gasteiger partial charge >= 0.3 is 5.97 Å². The van der Waals surface area contributed by atoms with Crippen LogP contribution >= 0.6 is 0 Å². The molecular weight excluding hydrogens is 388 g/mol. The molecule has 0 aromatic heterocycles. The Morgan fingerprint density at radius 2 is 1.71 bits per heavy atom. The average Bonchev–Trinajstić information content (AvgIpc) is 2.83. The van der Waals surface area contributed by atoms with Crippen LogP contribution in [-0.2, 0) is 16.0 Å². The Balaban J connectivity index is 1.47. The van der Waals surface area contributed by atoms with E-state index < -0.39 is 0 Å². The second-order valence-corrected chi connectivity index (χ2v) is 7.66. The lowest BCUT2D eigenvalue weighted by Gasteiger charge is -2.31. The number of amides is 1. The quantitative estimate of drug-likeness (QED) is 0.582. The third-order valence-electron chi connectivity index (χ3n) is 5.63. The highest BCUT2D eigenvalue weighted by Crippen LogP contribution is 2.30. The van der Waals surface area contributed by atoms with Crippen LogP contribution in [0.2, 0.25) is 0 Å². The van der Waals surface area contributed by atoms with E-state index in [-0.39, 0.29) is 11.9 Å². The minimum Gasteiger partial charge on any atom is -0.469 e. The van der Waals surface area contributed by atoms with E-state index >= 15 is 0 Å². The average molecular weight is 415 g/mol. The van der Waals surface area contributed by atoms with Crippen LogP contribution in [0.4, 0.5) is 11.4 Å². The van der Waals surface area contributed by atoms with Crippen molar-refractivity contribution in [1.82, 2.24) is 0 Å². The number of nitrogens with zero attached hydrogens (tertiary/aromatic N) is 1. The fourth-order valence-electron chi connectivity index (χ4n) is 3.94. The zero-order valence-corrected chi connectivity index (χ0v) is 17.6. The van der Waals surface area contributed by atoms with Crippen molar-refractivity contribution in [2.75, 3.05) is 30.4 Å². The molecule has 0 saturated carbocycles. The third-order valence-corrected chi connectivity index (χ3v) is 5.63. The first kappa shape index (κ1) is 20.7. The number of carbonyl (C=O) groups excluding carboxylic acids is 2. The molecule has 1 aliphatic rings. The monoisotopic (exact) mass is 414 g/mol. The Kier molecular flexibility index (Phi) is 6.32. The van der Waals surface area contributed by atoms with E-state index in [4.69, 9.17) is 4.74 Å². The Labute approximate surface area is 182 Å². The zero-order valence-electron chi connectivity index (χ0n) is 17.6. The van der Waals surface area contributed by atoms with E-state index in [1.54, 1.807) is 0 Å². The summed E-state index contributed by atoms with van der Waals surface area (Å²) in [6, 6.07) is 23.7. The topological polar surface area (TPSA) is 58.6 Å². The van der Waals surface area contributed by atoms with Gasteiger partial charge < -0.3 is 15.0 Å². The van der Waals surface area contributed by atoms with E-state index in [9.17, 15) is 9.59 Å². The van der Waals surface area contributed by atoms with Gasteiger partial charge in [0.25, 0.3) is 5.91 Å². The number of nitrogens with one attached hydrogen (secondary N) is 1. The van der Waals surface area contributed by atoms with Crippen LogP contribution in [0, 0.1) is 0 Å². The van der Waals surface area contributed by atoms with Gasteiger partial charge in [-0.25, -0.2) is 0 Å². The number of anilines is 2. The summed E-state index contributed by atoms with van der Waals surface area (Å²) in [7, 11) is 1.41. The lowest BCUT2D eigenvalue weighted by molar-refractivity contribution is -0.140. The summed E-state index contributed by atoms with van der Waals surface area (Å²) in [6.45, 7) is 1.50. The van der Waals surface area contributed by atoms with Crippen molar-refractivity contribution >= 4 is 23.3 Å². The van der Waals surface area contributed by atoms with Crippen LogP contribution in [0.5, 0.6) is 0 Å². The number of ether oxygens (including phenoxy) is 1. The van der Waals surface area contributed by atoms with Crippen LogP contribution in [0.25, 0.3) is 11.1 Å². The highest BCUT2D eigenvalue weighted by Gasteiger charge is 2.19. The standard InChI is InChI=1S/C26H26N2O3/c1-31-25(29)15-17-28-16-5-8-21-13-14-23(18-24(21)28)27-26(30)22-11-9-20(10-12-22)19-6-3-2-4-7-19/h2-4,6-7,9-14,18H,5,8,15-17H2,1H3,(H,27,30). The fraction of sp³-hybridized carbons (Fsp3) is 0.231. The van der Waals surface area contributed by atoms with Crippen molar-refractivity contribution in [3.63, 3.8) is 0 Å². The van der Waals surface area contributed by atoms with Crippen molar-refractivity contribution in [2.24, 2.45) is 0 Å². The second kappa shape index (κ2) is 9.47. The number of aryl methyl sites for hydroxylation is 1. The van der Waals surface area contributed by atoms with Crippen LogP contribution in [-0.4, -0.2) is 32.1 Å². The van der Waals surface area contributed by atoms with Gasteiger partial charge in [-0.1, -0.05) is 48.5 Å². The third kappa shape index (κ3) is 4.94. The van der Waals surface area contributed by atoms with Crippen molar-refractivity contribution in [3.05, 3.63) is 83.9 Å². The molecule has 1 amide bonds. The molecule has 1 aliphatic heterocycles. The Bertz CT molecular complexity index is 1060. The van der Waals surface area contributed by atoms with Crippen LogP contribution < -0.4 is 10.2 Å². The summed E-state index contributed by atoms with van der Waals surface area (Å²) < 4.78 is 4.77. The smallest absolute Gasteiger partial charge is 0.307 e. The first-order valence-corrected chi connectivity index (χ1v) is 10.6. The van der Waals surface area contributed by atoms with E-state index in [1.807, 2.05) is 66.7 Å². The molecule has 3 aromatic rings. The maximum absolute atomic E-state index is 12.8. The Hall–Kier alpha value is -3.60. The molecule has 0 aliphatic carbocycles. The van der Waals surface area contributed by atoms with Gasteiger partial charge in [0.05, 0.1) is 13.5 Å². The number of methoxy groups -OCH3 is 1. The number of benzene rings is 3. The first-order valence-electron chi connectivity index (χ1n) is 10.6. The molecule has 4 rings (SSSR count). The summed E-state index contributed by atoms with van der Waals surface area (Å²) >= 11 is 0. The maximum atomic E-state index is 12.8. The molecule has 0 spiro atoms. The highest BCUT2D eigenvalue weighted by atomic mass is 16.5. The van der Waals surface area contributed by atoms with Gasteiger partial charge in [-0.05, 0) is 53.8 Å². The number of esters is 1. The largest absolute Gasteiger partial charge is 0.469 e. The number of hydrogen-bond donors (Lipinski definition) is 1. The first-order chi connectivity index (χ1) is 15.1. The van der Waals surface area contributed by atoms with Gasteiger partial charge in [-0.2, -0.15) is 0 Å². The lowest BCUT2D eigenvalue weighted by Crippen LogP contribution is -2.31. The van der Waals surface area contributed by atoms with Gasteiger partial charge in [-0.3, -0.25) is 9.59 Å². The summed E-state index contributed by atoms with van der Waals surface area (Å²) in [5.41, 5.74) is 5.87. The molecule has 0 bridgehead atoms. The van der Waals surface area contributed by atoms with Gasteiger partial charge in [0, 0.05) is 30.0 Å². The van der Waals surface area contributed by atoms with Gasteiger partial charge in [0.2, 0.25) is 0 Å². The maximum Gasteiger partial charge on any atom is 0.307 e. The highest BCUT2D eigenvalue weighted by molar-refractivity contribution is 6.04. The molecule has 0 atom stereocenters. The second-order valence-electron chi connectivity index (χ2n) is 7.66. The number of carbonyl (C=O) groups is 2. The fourth-order valence-corrected chi connectivity index (χ4v) is 3.94. The van der Waals surface area contributed by atoms with Crippen LogP contribution in [0.3, 0.4) is 0 Å². The van der Waals surface area contributed by atoms with E-state index in [0.29, 0.717) is 18.5 Å². The SMILES string of the molecule is COC(=O)CCN1CCCc2ccc(NC(=O)c3ccc(-c4ccccc4)cc3)cc21. The zero-order chi connectivity index (χ0) is 21.6. The van der Waals surface area contributed by atoms with E-state index in [0.717, 1.165) is 41.9 Å². The molecule has 3 aromatic carbocycles. The number of hydrogen-bond acceptors (Lipinski definition) is 4. The summed E-state index contributed by atoms with van der Waals surface area (Å²) in [4.78, 5) is 26.5. The molecule has 5 nitrogen and oxygen atoms in total. The molecular formula is C26H26N2O3. The molecule has 0 fully saturated rings. The normalized spacial score (nSPS) is 12.7. The molecule has 0 saturated heterocycles.